The smallest absolute Gasteiger partial charge is 0.296 e. The molecule has 10 nitrogen and oxygen atoms in total. The van der Waals surface area contributed by atoms with Gasteiger partial charge in [0.1, 0.15) is 11.6 Å². The van der Waals surface area contributed by atoms with Crippen LogP contribution in [0.1, 0.15) is 37.9 Å². The van der Waals surface area contributed by atoms with Crippen LogP contribution >= 0.6 is 0 Å². The van der Waals surface area contributed by atoms with Gasteiger partial charge in [-0.3, -0.25) is 8.87 Å². The lowest BCUT2D eigenvalue weighted by molar-refractivity contribution is 0.122. The molecule has 0 spiro atoms. The topological polar surface area (TPSA) is 105 Å². The number of alkyl halides is 2. The van der Waals surface area contributed by atoms with Crippen LogP contribution in [0.5, 0.6) is 0 Å². The van der Waals surface area contributed by atoms with Crippen molar-refractivity contribution in [2.45, 2.75) is 44.2 Å². The number of rotatable bonds is 6. The van der Waals surface area contributed by atoms with Crippen molar-refractivity contribution >= 4 is 32.8 Å². The van der Waals surface area contributed by atoms with Gasteiger partial charge in [-0.15, -0.1) is 0 Å². The van der Waals surface area contributed by atoms with Gasteiger partial charge in [0.2, 0.25) is 16.0 Å². The van der Waals surface area contributed by atoms with Crippen LogP contribution in [-0.4, -0.2) is 76.4 Å². The number of imidazole rings is 1. The summed E-state index contributed by atoms with van der Waals surface area (Å²) in [7, 11) is -3.25. The first-order chi connectivity index (χ1) is 18.4. The van der Waals surface area contributed by atoms with Crippen molar-refractivity contribution in [2.24, 2.45) is 0 Å². The average Bonchev–Trinajstić information content (AvgIpc) is 3.49. The fraction of sp³-hybridized carbons (Fsp3) is 0.480. The lowest BCUT2D eigenvalue weighted by Gasteiger charge is -2.34. The molecule has 3 aliphatic rings. The highest BCUT2D eigenvalue weighted by atomic mass is 32.2. The van der Waals surface area contributed by atoms with Gasteiger partial charge in [-0.2, -0.15) is 9.97 Å². The summed E-state index contributed by atoms with van der Waals surface area (Å²) in [6.45, 7) is 2.26. The Hall–Kier alpha value is -3.32. The second-order valence-corrected chi connectivity index (χ2v) is 11.7. The van der Waals surface area contributed by atoms with Gasteiger partial charge in [0.05, 0.1) is 30.0 Å². The van der Waals surface area contributed by atoms with Gasteiger partial charge in [-0.25, -0.2) is 22.2 Å². The molecule has 6 rings (SSSR count). The third kappa shape index (κ3) is 4.80. The molecule has 1 N–H and O–H groups in total. The highest BCUT2D eigenvalue weighted by Gasteiger charge is 2.33. The first-order valence-electron chi connectivity index (χ1n) is 12.8. The van der Waals surface area contributed by atoms with Gasteiger partial charge in [0.25, 0.3) is 6.43 Å². The average molecular weight is 546 g/mol. The largest absolute Gasteiger partial charge is 0.378 e. The van der Waals surface area contributed by atoms with Crippen molar-refractivity contribution < 1.29 is 21.9 Å². The molecule has 0 radical (unpaired) electrons. The second-order valence-electron chi connectivity index (χ2n) is 9.75. The molecule has 2 aliphatic heterocycles. The monoisotopic (exact) mass is 545 g/mol. The van der Waals surface area contributed by atoms with E-state index >= 15 is 0 Å². The van der Waals surface area contributed by atoms with Gasteiger partial charge in [0.15, 0.2) is 5.82 Å². The number of para-hydroxylation sites is 2. The van der Waals surface area contributed by atoms with Crippen LogP contribution in [0.15, 0.2) is 42.6 Å². The predicted octanol–water partition coefficient (Wildman–Crippen LogP) is 3.47. The van der Waals surface area contributed by atoms with Crippen LogP contribution in [-0.2, 0) is 14.8 Å². The number of morpholine rings is 1. The standard InChI is InChI=1S/C25H29F2N7O3S/c26-23(27)24-29-19-4-1-2-5-20(19)34(24)22-16-21(30-25(31-22)32-11-13-37-14-12-32)28-17-6-8-18(9-7-17)33-10-3-15-38(33,35)36/h1-5,10,16-18,23H,6-9,11-15H2,(H,28,30,31). The maximum Gasteiger partial charge on any atom is 0.296 e. The fourth-order valence-electron chi connectivity index (χ4n) is 5.43. The maximum absolute atomic E-state index is 14.1. The van der Waals surface area contributed by atoms with E-state index < -0.39 is 16.4 Å². The summed E-state index contributed by atoms with van der Waals surface area (Å²) < 4.78 is 61.1. The molecule has 1 saturated carbocycles. The van der Waals surface area contributed by atoms with Crippen LogP contribution in [0.2, 0.25) is 0 Å². The molecule has 0 unspecified atom stereocenters. The number of nitrogens with one attached hydrogen (secondary N) is 1. The minimum Gasteiger partial charge on any atom is -0.378 e. The normalized spacial score (nSPS) is 23.4. The van der Waals surface area contributed by atoms with Crippen molar-refractivity contribution in [2.75, 3.05) is 42.3 Å². The van der Waals surface area contributed by atoms with Crippen molar-refractivity contribution in [1.82, 2.24) is 23.8 Å². The molecule has 0 bridgehead atoms. The Kier molecular flexibility index (Phi) is 6.64. The zero-order valence-electron chi connectivity index (χ0n) is 20.7. The van der Waals surface area contributed by atoms with E-state index in [4.69, 9.17) is 14.7 Å². The third-order valence-corrected chi connectivity index (χ3v) is 8.97. The van der Waals surface area contributed by atoms with E-state index in [1.807, 2.05) is 4.90 Å². The van der Waals surface area contributed by atoms with Gasteiger partial charge in [-0.1, -0.05) is 18.2 Å². The van der Waals surface area contributed by atoms with E-state index in [2.05, 4.69) is 10.3 Å². The zero-order valence-corrected chi connectivity index (χ0v) is 21.5. The maximum atomic E-state index is 14.1. The van der Waals surface area contributed by atoms with E-state index in [-0.39, 0.29) is 23.7 Å². The molecule has 2 aromatic heterocycles. The minimum absolute atomic E-state index is 0.0485. The summed E-state index contributed by atoms with van der Waals surface area (Å²) in [5, 5.41) is 3.48. The van der Waals surface area contributed by atoms with Gasteiger partial charge < -0.3 is 15.0 Å². The number of ether oxygens (including phenoxy) is 1. The van der Waals surface area contributed by atoms with Gasteiger partial charge >= 0.3 is 0 Å². The number of hydrogen-bond acceptors (Lipinski definition) is 8. The molecule has 4 heterocycles. The first-order valence-corrected chi connectivity index (χ1v) is 14.4. The van der Waals surface area contributed by atoms with E-state index in [1.54, 1.807) is 42.6 Å². The van der Waals surface area contributed by atoms with Crippen molar-refractivity contribution in [3.05, 3.63) is 48.4 Å². The summed E-state index contributed by atoms with van der Waals surface area (Å²) in [6, 6.07) is 8.70. The number of hydrogen-bond donors (Lipinski definition) is 1. The van der Waals surface area contributed by atoms with Gasteiger partial charge in [-0.05, 0) is 37.8 Å². The highest BCUT2D eigenvalue weighted by Crippen LogP contribution is 2.32. The summed E-state index contributed by atoms with van der Waals surface area (Å²) in [6.07, 6.45) is 3.53. The summed E-state index contributed by atoms with van der Waals surface area (Å²) in [5.74, 6) is 0.974. The van der Waals surface area contributed by atoms with Crippen molar-refractivity contribution in [3.8, 4) is 5.82 Å². The van der Waals surface area contributed by atoms with Crippen molar-refractivity contribution in [1.29, 1.82) is 0 Å². The van der Waals surface area contributed by atoms with E-state index in [0.717, 1.165) is 25.7 Å². The van der Waals surface area contributed by atoms with E-state index in [0.29, 0.717) is 54.9 Å². The molecule has 1 saturated heterocycles. The highest BCUT2D eigenvalue weighted by molar-refractivity contribution is 7.89. The SMILES string of the molecule is O=S1(=O)CC=CN1C1CCC(Nc2cc(-n3c(C(F)F)nc4ccccc43)nc(N3CCOCC3)n2)CC1. The summed E-state index contributed by atoms with van der Waals surface area (Å²) in [5.41, 5.74) is 1.01. The number of benzene rings is 1. The number of aromatic nitrogens is 4. The molecule has 1 aliphatic carbocycles. The number of sulfonamides is 1. The third-order valence-electron chi connectivity index (χ3n) is 7.29. The first kappa shape index (κ1) is 25.0. The van der Waals surface area contributed by atoms with Crippen LogP contribution < -0.4 is 10.2 Å². The Labute approximate surface area is 219 Å². The molecule has 13 heteroatoms. The second kappa shape index (κ2) is 10.1. The molecule has 202 valence electrons. The Morgan fingerprint density at radius 3 is 2.50 bits per heavy atom. The molecule has 0 amide bonds. The predicted molar refractivity (Wildman–Crippen MR) is 139 cm³/mol. The molecular weight excluding hydrogens is 516 g/mol. The molecule has 1 aromatic carbocycles. The van der Waals surface area contributed by atoms with Crippen LogP contribution in [0, 0.1) is 0 Å². The Morgan fingerprint density at radius 1 is 1.03 bits per heavy atom. The van der Waals surface area contributed by atoms with Crippen LogP contribution in [0.25, 0.3) is 16.9 Å². The number of fused-ring (bicyclic) bond motifs is 1. The van der Waals surface area contributed by atoms with E-state index in [9.17, 15) is 17.2 Å². The Morgan fingerprint density at radius 2 is 1.79 bits per heavy atom. The minimum atomic E-state index is -3.25. The van der Waals surface area contributed by atoms with Crippen molar-refractivity contribution in [3.63, 3.8) is 0 Å². The number of anilines is 2. The van der Waals surface area contributed by atoms with Crippen LogP contribution in [0.3, 0.4) is 0 Å². The lowest BCUT2D eigenvalue weighted by Crippen LogP contribution is -2.40. The molecule has 0 atom stereocenters. The van der Waals surface area contributed by atoms with E-state index in [1.165, 1.54) is 8.87 Å². The lowest BCUT2D eigenvalue weighted by atomic mass is 9.91. The number of nitrogens with zero attached hydrogens (tertiary/aromatic N) is 6. The molecular formula is C25H29F2N7O3S. The summed E-state index contributed by atoms with van der Waals surface area (Å²) in [4.78, 5) is 15.6. The molecule has 38 heavy (non-hydrogen) atoms. The van der Waals surface area contributed by atoms with Gasteiger partial charge in [0, 0.05) is 37.4 Å². The quantitative estimate of drug-likeness (QED) is 0.502. The molecule has 2 fully saturated rings. The zero-order chi connectivity index (χ0) is 26.3. The fourth-order valence-corrected chi connectivity index (χ4v) is 6.86. The number of halogens is 2. The summed E-state index contributed by atoms with van der Waals surface area (Å²) >= 11 is 0. The van der Waals surface area contributed by atoms with Crippen LogP contribution in [0.4, 0.5) is 20.5 Å². The molecule has 3 aromatic rings. The Balaban J connectivity index is 1.31. The Bertz CT molecular complexity index is 1450.